The molecule has 0 rings (SSSR count). The molecule has 0 fully saturated rings. The molecule has 5 amide bonds. The van der Waals surface area contributed by atoms with Crippen molar-refractivity contribution < 1.29 is 59.1 Å². The number of amides is 5. The summed E-state index contributed by atoms with van der Waals surface area (Å²) in [7, 11) is 0. The zero-order valence-corrected chi connectivity index (χ0v) is 36.6. The largest absolute Gasteiger partial charge is 0.481 e. The minimum absolute atomic E-state index is 0.0238. The van der Waals surface area contributed by atoms with Gasteiger partial charge in [-0.2, -0.15) is 0 Å². The van der Waals surface area contributed by atoms with Gasteiger partial charge in [0.15, 0.2) is 0 Å². The van der Waals surface area contributed by atoms with Crippen LogP contribution in [0.15, 0.2) is 0 Å². The zero-order chi connectivity index (χ0) is 45.9. The van der Waals surface area contributed by atoms with Crippen LogP contribution >= 0.6 is 0 Å². The van der Waals surface area contributed by atoms with E-state index in [9.17, 15) is 49.2 Å². The Labute approximate surface area is 356 Å². The first-order chi connectivity index (χ1) is 28.5. The SMILES string of the molecule is CC(=O)O.CCCCCCCCCCCCCCCC(=O)NC(CCCCN)C(=O)NC(C(=O)NC(C(=O)NC(CCCCN)C(=O)NC(CO)C(=O)O)C(C)O)C(C)O. The number of carbonyl (C=O) groups excluding carboxylic acids is 5. The Kier molecular flexibility index (Phi) is 35.8. The molecule has 60 heavy (non-hydrogen) atoms. The molecule has 0 spiro atoms. The second-order valence-electron chi connectivity index (χ2n) is 15.3. The highest BCUT2D eigenvalue weighted by atomic mass is 16.4. The summed E-state index contributed by atoms with van der Waals surface area (Å²) in [4.78, 5) is 86.3. The molecule has 14 N–H and O–H groups in total. The lowest BCUT2D eigenvalue weighted by molar-refractivity contribution is -0.143. The Balaban J connectivity index is 0. The van der Waals surface area contributed by atoms with E-state index in [4.69, 9.17) is 21.4 Å². The molecule has 0 aromatic heterocycles. The van der Waals surface area contributed by atoms with Crippen LogP contribution in [-0.2, 0) is 33.6 Å². The maximum absolute atomic E-state index is 13.5. The Morgan fingerprint density at radius 3 is 1.23 bits per heavy atom. The summed E-state index contributed by atoms with van der Waals surface area (Å²) in [6, 6.07) is -7.25. The van der Waals surface area contributed by atoms with Gasteiger partial charge in [-0.1, -0.05) is 84.0 Å². The normalized spacial score (nSPS) is 14.4. The minimum Gasteiger partial charge on any atom is -0.481 e. The van der Waals surface area contributed by atoms with Crippen LogP contribution in [0, 0.1) is 0 Å². The number of aliphatic hydroxyl groups excluding tert-OH is 3. The molecule has 350 valence electrons. The lowest BCUT2D eigenvalue weighted by atomic mass is 10.0. The Hall–Kier alpha value is -3.91. The molecule has 0 aromatic rings. The second kappa shape index (κ2) is 36.9. The van der Waals surface area contributed by atoms with E-state index in [0.717, 1.165) is 26.2 Å². The Bertz CT molecular complexity index is 1220. The number of rotatable bonds is 35. The molecule has 7 unspecified atom stereocenters. The molecule has 0 saturated heterocycles. The summed E-state index contributed by atoms with van der Waals surface area (Å²) in [5.74, 6) is -6.32. The van der Waals surface area contributed by atoms with E-state index in [1.807, 2.05) is 0 Å². The van der Waals surface area contributed by atoms with Crippen molar-refractivity contribution in [2.75, 3.05) is 19.7 Å². The first kappa shape index (κ1) is 58.2. The third kappa shape index (κ3) is 30.2. The highest BCUT2D eigenvalue weighted by Gasteiger charge is 2.35. The molecule has 0 saturated carbocycles. The first-order valence-corrected chi connectivity index (χ1v) is 21.8. The molecule has 0 heterocycles. The van der Waals surface area contributed by atoms with E-state index in [-0.39, 0.29) is 31.7 Å². The third-order valence-electron chi connectivity index (χ3n) is 9.61. The fraction of sp³-hybridized carbons (Fsp3) is 0.829. The fourth-order valence-corrected chi connectivity index (χ4v) is 6.12. The van der Waals surface area contributed by atoms with Crippen LogP contribution in [0.25, 0.3) is 0 Å². The number of aliphatic hydroxyl groups is 3. The standard InChI is InChI=1S/C39H75N7O10.C2H4O2/c1-4-5-6-7-8-9-10-11-12-13-14-15-16-23-32(50)42-29(21-17-19-24-40)36(52)45-34(28(3)49)38(54)46-33(27(2)48)37(53)43-30(22-18-20-25-41)35(51)44-31(26-47)39(55)56;1-2(3)4/h27-31,33-34,47-49H,4-26,40-41H2,1-3H3,(H,42,50)(H,43,53)(H,44,51)(H,45,52)(H,46,54)(H,55,56);1H3,(H,3,4). The number of carboxylic acid groups (broad SMARTS) is 2. The monoisotopic (exact) mass is 862 g/mol. The molecule has 0 aromatic carbocycles. The van der Waals surface area contributed by atoms with E-state index in [1.165, 1.54) is 71.6 Å². The lowest BCUT2D eigenvalue weighted by Crippen LogP contribution is -2.62. The highest BCUT2D eigenvalue weighted by molar-refractivity contribution is 5.96. The molecule has 0 bridgehead atoms. The van der Waals surface area contributed by atoms with Crippen LogP contribution in [0.3, 0.4) is 0 Å². The number of nitrogens with one attached hydrogen (secondary N) is 5. The van der Waals surface area contributed by atoms with Crippen molar-refractivity contribution in [3.05, 3.63) is 0 Å². The summed E-state index contributed by atoms with van der Waals surface area (Å²) in [5.41, 5.74) is 11.2. The quantitative estimate of drug-likeness (QED) is 0.0397. The van der Waals surface area contributed by atoms with Crippen LogP contribution in [0.5, 0.6) is 0 Å². The van der Waals surface area contributed by atoms with E-state index < -0.39 is 84.6 Å². The van der Waals surface area contributed by atoms with Crippen molar-refractivity contribution in [3.8, 4) is 0 Å². The number of nitrogens with two attached hydrogens (primary N) is 2. The maximum Gasteiger partial charge on any atom is 0.328 e. The zero-order valence-electron chi connectivity index (χ0n) is 36.6. The summed E-state index contributed by atoms with van der Waals surface area (Å²) in [5, 5.41) is 59.0. The summed E-state index contributed by atoms with van der Waals surface area (Å²) in [6.07, 6.45) is 14.6. The smallest absolute Gasteiger partial charge is 0.328 e. The van der Waals surface area contributed by atoms with Crippen LogP contribution in [0.1, 0.15) is 156 Å². The van der Waals surface area contributed by atoms with Gasteiger partial charge in [-0.25, -0.2) is 4.79 Å². The molecule has 0 radical (unpaired) electrons. The minimum atomic E-state index is -1.67. The van der Waals surface area contributed by atoms with Crippen molar-refractivity contribution in [1.29, 1.82) is 0 Å². The number of carbonyl (C=O) groups is 7. The maximum atomic E-state index is 13.5. The van der Waals surface area contributed by atoms with Gasteiger partial charge in [0, 0.05) is 13.3 Å². The van der Waals surface area contributed by atoms with Crippen molar-refractivity contribution in [2.45, 2.75) is 199 Å². The van der Waals surface area contributed by atoms with Gasteiger partial charge in [-0.3, -0.25) is 28.8 Å². The van der Waals surface area contributed by atoms with Crippen molar-refractivity contribution in [3.63, 3.8) is 0 Å². The molecule has 0 aliphatic carbocycles. The topological polar surface area (TPSA) is 333 Å². The van der Waals surface area contributed by atoms with Crippen molar-refractivity contribution in [2.24, 2.45) is 11.5 Å². The number of hydrogen-bond donors (Lipinski definition) is 12. The van der Waals surface area contributed by atoms with E-state index in [2.05, 4.69) is 33.5 Å². The Morgan fingerprint density at radius 2 is 0.850 bits per heavy atom. The van der Waals surface area contributed by atoms with Gasteiger partial charge in [0.2, 0.25) is 29.5 Å². The van der Waals surface area contributed by atoms with Gasteiger partial charge < -0.3 is 63.6 Å². The number of carboxylic acids is 2. The molecule has 19 heteroatoms. The predicted molar refractivity (Wildman–Crippen MR) is 227 cm³/mol. The van der Waals surface area contributed by atoms with Crippen molar-refractivity contribution in [1.82, 2.24) is 26.6 Å². The number of unbranched alkanes of at least 4 members (excludes halogenated alkanes) is 14. The molecular weight excluding hydrogens is 782 g/mol. The van der Waals surface area contributed by atoms with Crippen LogP contribution in [-0.4, -0.2) is 129 Å². The van der Waals surface area contributed by atoms with Gasteiger partial charge in [-0.15, -0.1) is 0 Å². The van der Waals surface area contributed by atoms with E-state index >= 15 is 0 Å². The van der Waals surface area contributed by atoms with Crippen LogP contribution in [0.2, 0.25) is 0 Å². The summed E-state index contributed by atoms with van der Waals surface area (Å²) >= 11 is 0. The average molecular weight is 862 g/mol. The van der Waals surface area contributed by atoms with E-state index in [0.29, 0.717) is 38.6 Å². The van der Waals surface area contributed by atoms with E-state index in [1.54, 1.807) is 0 Å². The summed E-state index contributed by atoms with van der Waals surface area (Å²) in [6.45, 7) is 5.51. The molecule has 7 atom stereocenters. The van der Waals surface area contributed by atoms with Gasteiger partial charge in [0.25, 0.3) is 5.97 Å². The van der Waals surface area contributed by atoms with Gasteiger partial charge in [-0.05, 0) is 71.9 Å². The Morgan fingerprint density at radius 1 is 0.500 bits per heavy atom. The highest BCUT2D eigenvalue weighted by Crippen LogP contribution is 2.13. The third-order valence-corrected chi connectivity index (χ3v) is 9.61. The predicted octanol–water partition coefficient (Wildman–Crippen LogP) is 1.08. The molecular formula is C41H79N7O12. The summed E-state index contributed by atoms with van der Waals surface area (Å²) < 4.78 is 0. The molecule has 0 aliphatic heterocycles. The van der Waals surface area contributed by atoms with Crippen LogP contribution in [0.4, 0.5) is 0 Å². The first-order valence-electron chi connectivity index (χ1n) is 21.8. The van der Waals surface area contributed by atoms with Crippen LogP contribution < -0.4 is 38.1 Å². The molecule has 0 aliphatic rings. The average Bonchev–Trinajstić information content (AvgIpc) is 3.18. The van der Waals surface area contributed by atoms with Crippen molar-refractivity contribution >= 4 is 41.5 Å². The number of aliphatic carboxylic acids is 2. The molecule has 19 nitrogen and oxygen atoms in total. The second-order valence-corrected chi connectivity index (χ2v) is 15.3. The van der Waals surface area contributed by atoms with Gasteiger partial charge in [0.1, 0.15) is 30.2 Å². The number of hydrogen-bond acceptors (Lipinski definition) is 12. The van der Waals surface area contributed by atoms with Gasteiger partial charge >= 0.3 is 5.97 Å². The lowest BCUT2D eigenvalue weighted by Gasteiger charge is -2.29. The fourth-order valence-electron chi connectivity index (χ4n) is 6.12. The van der Waals surface area contributed by atoms with Gasteiger partial charge in [0.05, 0.1) is 18.8 Å².